The van der Waals surface area contributed by atoms with E-state index in [0.29, 0.717) is 18.8 Å². The van der Waals surface area contributed by atoms with E-state index in [4.69, 9.17) is 0 Å². The minimum atomic E-state index is -0.00568. The van der Waals surface area contributed by atoms with Crippen LogP contribution < -0.4 is 0 Å². The molecule has 0 atom stereocenters. The molecule has 0 unspecified atom stereocenters. The van der Waals surface area contributed by atoms with Crippen molar-refractivity contribution >= 4 is 17.2 Å². The molecule has 0 saturated carbocycles. The van der Waals surface area contributed by atoms with Gasteiger partial charge in [0.2, 0.25) is 0 Å². The van der Waals surface area contributed by atoms with Gasteiger partial charge in [-0.15, -0.1) is 11.3 Å². The highest BCUT2D eigenvalue weighted by Crippen LogP contribution is 2.35. The number of thiazole rings is 1. The van der Waals surface area contributed by atoms with Gasteiger partial charge in [0.05, 0.1) is 10.7 Å². The fourth-order valence-corrected chi connectivity index (χ4v) is 4.00. The number of likely N-dealkylation sites (tertiary alicyclic amines) is 1. The number of aromatic nitrogens is 2. The Balaban J connectivity index is 1.75. The molecule has 0 aromatic carbocycles. The highest BCUT2D eigenvalue weighted by Gasteiger charge is 2.34. The lowest BCUT2D eigenvalue weighted by Crippen LogP contribution is -2.44. The van der Waals surface area contributed by atoms with Gasteiger partial charge in [-0.05, 0) is 37.7 Å². The standard InChI is InChI=1S/C18H25N3O2S/c1-4-18(12-22)5-7-21(8-6-18)17(23)16-9-14(10-20(16)3)15-11-24-13(2)19-15/h9-11,22H,4-8,12H2,1-3H3. The van der Waals surface area contributed by atoms with E-state index in [0.717, 1.165) is 35.5 Å². The highest BCUT2D eigenvalue weighted by atomic mass is 32.1. The van der Waals surface area contributed by atoms with Crippen molar-refractivity contribution in [1.82, 2.24) is 14.5 Å². The molecule has 3 rings (SSSR count). The summed E-state index contributed by atoms with van der Waals surface area (Å²) in [7, 11) is 1.91. The summed E-state index contributed by atoms with van der Waals surface area (Å²) in [6, 6.07) is 1.94. The molecule has 6 heteroatoms. The van der Waals surface area contributed by atoms with Gasteiger partial charge < -0.3 is 14.6 Å². The van der Waals surface area contributed by atoms with Crippen molar-refractivity contribution in [3.63, 3.8) is 0 Å². The second kappa shape index (κ2) is 6.69. The maximum atomic E-state index is 12.9. The van der Waals surface area contributed by atoms with Crippen molar-refractivity contribution in [1.29, 1.82) is 0 Å². The van der Waals surface area contributed by atoms with Gasteiger partial charge in [-0.25, -0.2) is 4.98 Å². The molecule has 1 saturated heterocycles. The van der Waals surface area contributed by atoms with Crippen molar-refractivity contribution in [3.05, 3.63) is 28.3 Å². The quantitative estimate of drug-likeness (QED) is 0.925. The predicted octanol–water partition coefficient (Wildman–Crippen LogP) is 3.08. The summed E-state index contributed by atoms with van der Waals surface area (Å²) in [5.41, 5.74) is 2.61. The Hall–Kier alpha value is -1.66. The number of amides is 1. The van der Waals surface area contributed by atoms with E-state index in [1.54, 1.807) is 11.3 Å². The molecule has 0 radical (unpaired) electrons. The van der Waals surface area contributed by atoms with Crippen LogP contribution in [0.1, 0.15) is 41.7 Å². The van der Waals surface area contributed by atoms with Crippen molar-refractivity contribution in [2.24, 2.45) is 12.5 Å². The zero-order chi connectivity index (χ0) is 17.3. The molecule has 130 valence electrons. The summed E-state index contributed by atoms with van der Waals surface area (Å²) >= 11 is 1.62. The zero-order valence-corrected chi connectivity index (χ0v) is 15.4. The molecule has 0 bridgehead atoms. The lowest BCUT2D eigenvalue weighted by molar-refractivity contribution is 0.0332. The SMILES string of the molecule is CCC1(CO)CCN(C(=O)c2cc(-c3csc(C)n3)cn2C)CC1. The minimum Gasteiger partial charge on any atom is -0.396 e. The average molecular weight is 347 g/mol. The van der Waals surface area contributed by atoms with E-state index in [1.807, 2.05) is 41.1 Å². The number of aliphatic hydroxyl groups excluding tert-OH is 1. The monoisotopic (exact) mass is 347 g/mol. The van der Waals surface area contributed by atoms with E-state index in [2.05, 4.69) is 11.9 Å². The van der Waals surface area contributed by atoms with Gasteiger partial charge in [-0.2, -0.15) is 0 Å². The smallest absolute Gasteiger partial charge is 0.270 e. The van der Waals surface area contributed by atoms with E-state index >= 15 is 0 Å². The van der Waals surface area contributed by atoms with Crippen LogP contribution in [0.4, 0.5) is 0 Å². The summed E-state index contributed by atoms with van der Waals surface area (Å²) in [6.45, 7) is 5.74. The molecular formula is C18H25N3O2S. The molecule has 5 nitrogen and oxygen atoms in total. The molecule has 1 aliphatic rings. The summed E-state index contributed by atoms with van der Waals surface area (Å²) < 4.78 is 1.89. The fourth-order valence-electron chi connectivity index (χ4n) is 3.38. The summed E-state index contributed by atoms with van der Waals surface area (Å²) in [5.74, 6) is 0.0679. The van der Waals surface area contributed by atoms with Crippen LogP contribution in [0, 0.1) is 12.3 Å². The number of rotatable bonds is 4. The number of piperidine rings is 1. The van der Waals surface area contributed by atoms with Crippen LogP contribution >= 0.6 is 11.3 Å². The Labute approximate surface area is 146 Å². The van der Waals surface area contributed by atoms with Crippen LogP contribution in [-0.2, 0) is 7.05 Å². The number of hydrogen-bond donors (Lipinski definition) is 1. The maximum absolute atomic E-state index is 12.9. The Morgan fingerprint density at radius 2 is 2.12 bits per heavy atom. The first kappa shape index (κ1) is 17.2. The van der Waals surface area contributed by atoms with Gasteiger partial charge in [0.25, 0.3) is 5.91 Å². The van der Waals surface area contributed by atoms with Gasteiger partial charge in [0, 0.05) is 43.9 Å². The third kappa shape index (κ3) is 3.13. The van der Waals surface area contributed by atoms with E-state index in [9.17, 15) is 9.90 Å². The number of nitrogens with zero attached hydrogens (tertiary/aromatic N) is 3. The summed E-state index contributed by atoms with van der Waals surface area (Å²) in [5, 5.41) is 12.7. The van der Waals surface area contributed by atoms with E-state index in [1.165, 1.54) is 0 Å². The van der Waals surface area contributed by atoms with Crippen LogP contribution in [0.2, 0.25) is 0 Å². The Morgan fingerprint density at radius 1 is 1.42 bits per heavy atom. The summed E-state index contributed by atoms with van der Waals surface area (Å²) in [4.78, 5) is 19.3. The van der Waals surface area contributed by atoms with Gasteiger partial charge in [0.15, 0.2) is 0 Å². The van der Waals surface area contributed by atoms with Gasteiger partial charge in [0.1, 0.15) is 5.69 Å². The fraction of sp³-hybridized carbons (Fsp3) is 0.556. The number of aryl methyl sites for hydroxylation is 2. The average Bonchev–Trinajstić information content (AvgIpc) is 3.20. The number of carbonyl (C=O) groups is 1. The molecule has 3 heterocycles. The minimum absolute atomic E-state index is 0.00568. The first-order valence-corrected chi connectivity index (χ1v) is 9.35. The lowest BCUT2D eigenvalue weighted by Gasteiger charge is -2.40. The van der Waals surface area contributed by atoms with Crippen molar-refractivity contribution in [2.45, 2.75) is 33.1 Å². The van der Waals surface area contributed by atoms with Crippen molar-refractivity contribution in [3.8, 4) is 11.3 Å². The molecule has 2 aromatic heterocycles. The first-order valence-electron chi connectivity index (χ1n) is 8.47. The number of aliphatic hydroxyl groups is 1. The molecule has 1 aliphatic heterocycles. The molecule has 1 amide bonds. The molecule has 1 N–H and O–H groups in total. The summed E-state index contributed by atoms with van der Waals surface area (Å²) in [6.07, 6.45) is 4.67. The second-order valence-corrected chi connectivity index (χ2v) is 7.84. The van der Waals surface area contributed by atoms with Crippen LogP contribution in [0.15, 0.2) is 17.6 Å². The Kier molecular flexibility index (Phi) is 4.78. The van der Waals surface area contributed by atoms with Crippen LogP contribution in [0.25, 0.3) is 11.3 Å². The van der Waals surface area contributed by atoms with Crippen LogP contribution in [0.5, 0.6) is 0 Å². The number of carbonyl (C=O) groups excluding carboxylic acids is 1. The highest BCUT2D eigenvalue weighted by molar-refractivity contribution is 7.09. The molecule has 2 aromatic rings. The number of hydrogen-bond acceptors (Lipinski definition) is 4. The van der Waals surface area contributed by atoms with E-state index in [-0.39, 0.29) is 17.9 Å². The van der Waals surface area contributed by atoms with E-state index < -0.39 is 0 Å². The second-order valence-electron chi connectivity index (χ2n) is 6.78. The third-order valence-corrected chi connectivity index (χ3v) is 6.11. The van der Waals surface area contributed by atoms with Gasteiger partial charge in [-0.3, -0.25) is 4.79 Å². The lowest BCUT2D eigenvalue weighted by atomic mass is 9.77. The third-order valence-electron chi connectivity index (χ3n) is 5.34. The first-order chi connectivity index (χ1) is 11.5. The van der Waals surface area contributed by atoms with Crippen LogP contribution in [-0.4, -0.2) is 45.2 Å². The van der Waals surface area contributed by atoms with Gasteiger partial charge >= 0.3 is 0 Å². The normalized spacial score (nSPS) is 17.2. The molecular weight excluding hydrogens is 322 g/mol. The predicted molar refractivity (Wildman–Crippen MR) is 96.2 cm³/mol. The van der Waals surface area contributed by atoms with Crippen molar-refractivity contribution in [2.75, 3.05) is 19.7 Å². The Bertz CT molecular complexity index is 720. The van der Waals surface area contributed by atoms with Crippen molar-refractivity contribution < 1.29 is 9.90 Å². The molecule has 24 heavy (non-hydrogen) atoms. The van der Waals surface area contributed by atoms with Gasteiger partial charge in [-0.1, -0.05) is 6.92 Å². The molecule has 1 fully saturated rings. The van der Waals surface area contributed by atoms with Crippen LogP contribution in [0.3, 0.4) is 0 Å². The largest absolute Gasteiger partial charge is 0.396 e. The molecule has 0 aliphatic carbocycles. The zero-order valence-electron chi connectivity index (χ0n) is 14.6. The molecule has 0 spiro atoms. The maximum Gasteiger partial charge on any atom is 0.270 e. The topological polar surface area (TPSA) is 58.4 Å². The Morgan fingerprint density at radius 3 is 2.67 bits per heavy atom.